The van der Waals surface area contributed by atoms with E-state index < -0.39 is 23.1 Å². The van der Waals surface area contributed by atoms with Gasteiger partial charge >= 0.3 is 12.1 Å². The first-order valence-electron chi connectivity index (χ1n) is 12.6. The Morgan fingerprint density at radius 2 is 1.59 bits per heavy atom. The highest BCUT2D eigenvalue weighted by Gasteiger charge is 2.46. The summed E-state index contributed by atoms with van der Waals surface area (Å²) in [6, 6.07) is 12.6. The average Bonchev–Trinajstić information content (AvgIpc) is 2.85. The van der Waals surface area contributed by atoms with Crippen LogP contribution in [-0.4, -0.2) is 34.0 Å². The van der Waals surface area contributed by atoms with E-state index in [0.717, 1.165) is 56.5 Å². The third-order valence-electron chi connectivity index (χ3n) is 7.81. The molecule has 1 saturated carbocycles. The van der Waals surface area contributed by atoms with Crippen molar-refractivity contribution < 1.29 is 27.5 Å². The zero-order valence-electron chi connectivity index (χ0n) is 20.3. The van der Waals surface area contributed by atoms with E-state index in [1.54, 1.807) is 24.4 Å². The number of benzene rings is 2. The van der Waals surface area contributed by atoms with Crippen molar-refractivity contribution in [2.75, 3.05) is 13.1 Å². The van der Waals surface area contributed by atoms with Crippen LogP contribution >= 0.6 is 0 Å². The summed E-state index contributed by atoms with van der Waals surface area (Å²) in [4.78, 5) is 19.3. The smallest absolute Gasteiger partial charge is 0.416 e. The quantitative estimate of drug-likeness (QED) is 0.362. The Kier molecular flexibility index (Phi) is 6.79. The van der Waals surface area contributed by atoms with Crippen LogP contribution in [-0.2, 0) is 16.4 Å². The minimum Gasteiger partial charge on any atom is -0.481 e. The molecule has 1 N–H and O–H groups in total. The Morgan fingerprint density at radius 3 is 2.14 bits per heavy atom. The number of carboxylic acids is 1. The third kappa shape index (κ3) is 4.87. The standard InChI is InChI=1S/C29H28F4N2O2/c30-23-11-7-20(8-12-23)26(35-15-2-1-3-16-35)25-24(19-5-9-21(10-6-19)29(31,32)33)17-22(18-34-25)28(27(36)37)13-4-14-28/h5-12,17-18,26H,1-4,13-16H2,(H,36,37). The fraction of sp³-hybridized carbons (Fsp3) is 0.379. The molecule has 0 amide bonds. The molecule has 37 heavy (non-hydrogen) atoms. The van der Waals surface area contributed by atoms with Crippen LogP contribution in [0, 0.1) is 5.82 Å². The maximum Gasteiger partial charge on any atom is 0.416 e. The van der Waals surface area contributed by atoms with Crippen LogP contribution in [0.5, 0.6) is 0 Å². The van der Waals surface area contributed by atoms with Gasteiger partial charge in [0.15, 0.2) is 0 Å². The summed E-state index contributed by atoms with van der Waals surface area (Å²) >= 11 is 0. The lowest BCUT2D eigenvalue weighted by atomic mass is 9.64. The number of hydrogen-bond donors (Lipinski definition) is 1. The second-order valence-corrected chi connectivity index (χ2v) is 10.0. The Hall–Kier alpha value is -3.26. The van der Waals surface area contributed by atoms with Gasteiger partial charge in [0, 0.05) is 11.8 Å². The second-order valence-electron chi connectivity index (χ2n) is 10.0. The third-order valence-corrected chi connectivity index (χ3v) is 7.81. The number of nitrogens with zero attached hydrogens (tertiary/aromatic N) is 2. The van der Waals surface area contributed by atoms with E-state index in [-0.39, 0.29) is 11.9 Å². The molecule has 2 aromatic carbocycles. The highest BCUT2D eigenvalue weighted by Crippen LogP contribution is 2.46. The number of aliphatic carboxylic acids is 1. The Labute approximate surface area is 213 Å². The molecule has 1 aliphatic heterocycles. The minimum atomic E-state index is -4.47. The van der Waals surface area contributed by atoms with Crippen molar-refractivity contribution in [3.8, 4) is 11.1 Å². The van der Waals surface area contributed by atoms with Crippen LogP contribution in [0.3, 0.4) is 0 Å². The molecule has 8 heteroatoms. The Balaban J connectivity index is 1.69. The molecule has 1 aliphatic carbocycles. The number of carboxylic acid groups (broad SMARTS) is 1. The van der Waals surface area contributed by atoms with E-state index in [1.807, 2.05) is 0 Å². The lowest BCUT2D eigenvalue weighted by Gasteiger charge is -2.39. The summed E-state index contributed by atoms with van der Waals surface area (Å²) in [7, 11) is 0. The number of likely N-dealkylation sites (tertiary alicyclic amines) is 1. The lowest BCUT2D eigenvalue weighted by molar-refractivity contribution is -0.147. The molecule has 1 aromatic heterocycles. The van der Waals surface area contributed by atoms with E-state index in [0.29, 0.717) is 35.2 Å². The van der Waals surface area contributed by atoms with Crippen LogP contribution < -0.4 is 0 Å². The van der Waals surface area contributed by atoms with Gasteiger partial charge in [-0.05, 0) is 85.8 Å². The van der Waals surface area contributed by atoms with Crippen LogP contribution in [0.15, 0.2) is 60.8 Å². The van der Waals surface area contributed by atoms with Gasteiger partial charge in [-0.25, -0.2) is 4.39 Å². The number of halogens is 4. The zero-order valence-corrected chi connectivity index (χ0v) is 20.3. The largest absolute Gasteiger partial charge is 0.481 e. The summed E-state index contributed by atoms with van der Waals surface area (Å²) in [5.41, 5.74) is 1.34. The number of aromatic nitrogens is 1. The minimum absolute atomic E-state index is 0.352. The van der Waals surface area contributed by atoms with E-state index in [2.05, 4.69) is 4.90 Å². The van der Waals surface area contributed by atoms with Crippen molar-refractivity contribution in [2.24, 2.45) is 0 Å². The van der Waals surface area contributed by atoms with Crippen LogP contribution in [0.25, 0.3) is 11.1 Å². The predicted molar refractivity (Wildman–Crippen MR) is 132 cm³/mol. The van der Waals surface area contributed by atoms with Crippen molar-refractivity contribution in [1.29, 1.82) is 0 Å². The molecule has 0 radical (unpaired) electrons. The van der Waals surface area contributed by atoms with E-state index in [4.69, 9.17) is 4.98 Å². The first kappa shape index (κ1) is 25.4. The van der Waals surface area contributed by atoms with Gasteiger partial charge < -0.3 is 5.11 Å². The molecule has 3 aromatic rings. The molecular formula is C29H28F4N2O2. The summed E-state index contributed by atoms with van der Waals surface area (Å²) in [5.74, 6) is -1.28. The summed E-state index contributed by atoms with van der Waals surface area (Å²) in [6.45, 7) is 1.61. The monoisotopic (exact) mass is 512 g/mol. The van der Waals surface area contributed by atoms with Crippen LogP contribution in [0.2, 0.25) is 0 Å². The molecule has 0 spiro atoms. The molecule has 1 atom stereocenters. The topological polar surface area (TPSA) is 53.4 Å². The number of piperidine rings is 1. The molecule has 2 aliphatic rings. The summed E-state index contributed by atoms with van der Waals surface area (Å²) in [6.07, 6.45) is 2.00. The fourth-order valence-corrected chi connectivity index (χ4v) is 5.54. The van der Waals surface area contributed by atoms with Gasteiger partial charge in [-0.3, -0.25) is 14.7 Å². The molecule has 0 bridgehead atoms. The van der Waals surface area contributed by atoms with E-state index in [9.17, 15) is 27.5 Å². The van der Waals surface area contributed by atoms with Crippen LogP contribution in [0.4, 0.5) is 17.6 Å². The number of alkyl halides is 3. The Morgan fingerprint density at radius 1 is 0.946 bits per heavy atom. The van der Waals surface area contributed by atoms with Gasteiger partial charge in [-0.15, -0.1) is 0 Å². The molecular weight excluding hydrogens is 484 g/mol. The normalized spacial score (nSPS) is 18.7. The van der Waals surface area contributed by atoms with Gasteiger partial charge in [-0.2, -0.15) is 13.2 Å². The van der Waals surface area contributed by atoms with Crippen molar-refractivity contribution in [1.82, 2.24) is 9.88 Å². The predicted octanol–water partition coefficient (Wildman–Crippen LogP) is 6.99. The molecule has 1 saturated heterocycles. The van der Waals surface area contributed by atoms with E-state index >= 15 is 0 Å². The van der Waals surface area contributed by atoms with Crippen molar-refractivity contribution in [3.63, 3.8) is 0 Å². The highest BCUT2D eigenvalue weighted by molar-refractivity contribution is 5.83. The SMILES string of the molecule is O=C(O)C1(c2cnc(C(c3ccc(F)cc3)N3CCCCC3)c(-c3ccc(C(F)(F)F)cc3)c2)CCC1. The van der Waals surface area contributed by atoms with Gasteiger partial charge in [-0.1, -0.05) is 37.1 Å². The molecule has 2 heterocycles. The highest BCUT2D eigenvalue weighted by atomic mass is 19.4. The van der Waals surface area contributed by atoms with Crippen LogP contribution in [0.1, 0.15) is 67.0 Å². The maximum absolute atomic E-state index is 13.8. The average molecular weight is 513 g/mol. The number of hydrogen-bond acceptors (Lipinski definition) is 3. The van der Waals surface area contributed by atoms with Gasteiger partial charge in [0.05, 0.1) is 22.7 Å². The first-order chi connectivity index (χ1) is 17.7. The Bertz CT molecular complexity index is 1260. The van der Waals surface area contributed by atoms with Gasteiger partial charge in [0.2, 0.25) is 0 Å². The zero-order chi connectivity index (χ0) is 26.2. The molecule has 194 valence electrons. The van der Waals surface area contributed by atoms with Crippen molar-refractivity contribution in [2.45, 2.75) is 56.2 Å². The molecule has 2 fully saturated rings. The summed E-state index contributed by atoms with van der Waals surface area (Å²) in [5, 5.41) is 10.0. The van der Waals surface area contributed by atoms with Crippen molar-refractivity contribution in [3.05, 3.63) is 89.0 Å². The molecule has 1 unspecified atom stereocenters. The number of pyridine rings is 1. The molecule has 4 nitrogen and oxygen atoms in total. The number of rotatable bonds is 6. The summed E-state index contributed by atoms with van der Waals surface area (Å²) < 4.78 is 53.6. The fourth-order valence-electron chi connectivity index (χ4n) is 5.54. The first-order valence-corrected chi connectivity index (χ1v) is 12.6. The number of carbonyl (C=O) groups is 1. The van der Waals surface area contributed by atoms with Gasteiger partial charge in [0.1, 0.15) is 5.82 Å². The second kappa shape index (κ2) is 9.89. The maximum atomic E-state index is 13.8. The van der Waals surface area contributed by atoms with E-state index in [1.165, 1.54) is 24.3 Å². The lowest BCUT2D eigenvalue weighted by Crippen LogP contribution is -2.42. The van der Waals surface area contributed by atoms with Crippen molar-refractivity contribution >= 4 is 5.97 Å². The molecule has 5 rings (SSSR count). The van der Waals surface area contributed by atoms with Gasteiger partial charge in [0.25, 0.3) is 0 Å².